The highest BCUT2D eigenvalue weighted by Gasteiger charge is 2.16. The van der Waals surface area contributed by atoms with Crippen molar-refractivity contribution in [1.29, 1.82) is 0 Å². The van der Waals surface area contributed by atoms with Crippen LogP contribution in [0.3, 0.4) is 0 Å². The van der Waals surface area contributed by atoms with Crippen LogP contribution in [-0.4, -0.2) is 60.4 Å². The molecule has 17 heavy (non-hydrogen) atoms. The molecular formula is C12H22N4O. The van der Waals surface area contributed by atoms with Crippen LogP contribution in [0.5, 0.6) is 0 Å². The fraction of sp³-hybridized carbons (Fsp3) is 0.750. The van der Waals surface area contributed by atoms with Crippen LogP contribution in [0.4, 0.5) is 0 Å². The van der Waals surface area contributed by atoms with Gasteiger partial charge in [-0.3, -0.25) is 0 Å². The van der Waals surface area contributed by atoms with E-state index >= 15 is 0 Å². The fourth-order valence-electron chi connectivity index (χ4n) is 2.09. The summed E-state index contributed by atoms with van der Waals surface area (Å²) in [5, 5.41) is 3.44. The predicted octanol–water partition coefficient (Wildman–Crippen LogP) is 0.112. The molecule has 1 unspecified atom stereocenters. The number of imidazole rings is 1. The number of nitrogens with one attached hydrogen (secondary N) is 1. The minimum absolute atomic E-state index is 0.331. The largest absolute Gasteiger partial charge is 0.374 e. The normalized spacial score (nSPS) is 21.9. The minimum atomic E-state index is 0.331. The average molecular weight is 238 g/mol. The van der Waals surface area contributed by atoms with Gasteiger partial charge in [0.05, 0.1) is 12.7 Å². The van der Waals surface area contributed by atoms with Gasteiger partial charge in [0.2, 0.25) is 0 Å². The molecule has 0 saturated carbocycles. The molecule has 5 heteroatoms. The highest BCUT2D eigenvalue weighted by molar-refractivity contribution is 4.88. The van der Waals surface area contributed by atoms with E-state index in [1.165, 1.54) is 0 Å². The Labute approximate surface area is 103 Å². The highest BCUT2D eigenvalue weighted by Crippen LogP contribution is 2.01. The Bertz CT molecular complexity index is 339. The third kappa shape index (κ3) is 3.80. The summed E-state index contributed by atoms with van der Waals surface area (Å²) in [6.45, 7) is 7.80. The fourth-order valence-corrected chi connectivity index (χ4v) is 2.09. The molecule has 0 spiro atoms. The van der Waals surface area contributed by atoms with Gasteiger partial charge in [-0.25, -0.2) is 4.98 Å². The zero-order chi connectivity index (χ0) is 12.1. The molecule has 0 bridgehead atoms. The van der Waals surface area contributed by atoms with E-state index < -0.39 is 0 Å². The first-order valence-corrected chi connectivity index (χ1v) is 6.24. The third-order valence-corrected chi connectivity index (χ3v) is 3.17. The van der Waals surface area contributed by atoms with Crippen molar-refractivity contribution >= 4 is 0 Å². The number of aromatic nitrogens is 2. The lowest BCUT2D eigenvalue weighted by Crippen LogP contribution is -2.45. The van der Waals surface area contributed by atoms with Crippen molar-refractivity contribution in [1.82, 2.24) is 19.8 Å². The van der Waals surface area contributed by atoms with Crippen molar-refractivity contribution in [2.24, 2.45) is 0 Å². The van der Waals surface area contributed by atoms with Crippen molar-refractivity contribution in [2.75, 3.05) is 39.8 Å². The number of ether oxygens (including phenoxy) is 1. The van der Waals surface area contributed by atoms with Crippen LogP contribution < -0.4 is 5.32 Å². The number of morpholine rings is 1. The average Bonchev–Trinajstić information content (AvgIpc) is 2.71. The first kappa shape index (κ1) is 12.5. The number of likely N-dealkylation sites (N-methyl/N-ethyl adjacent to an activating group) is 1. The first-order valence-electron chi connectivity index (χ1n) is 6.24. The van der Waals surface area contributed by atoms with Crippen LogP contribution in [0.1, 0.15) is 5.82 Å². The predicted molar refractivity (Wildman–Crippen MR) is 67.1 cm³/mol. The van der Waals surface area contributed by atoms with Gasteiger partial charge >= 0.3 is 0 Å². The Morgan fingerprint density at radius 1 is 1.59 bits per heavy atom. The standard InChI is InChI=1S/C12H22N4O/c1-11-14-4-6-16(11)5-3-13-9-12-10-15(2)7-8-17-12/h4,6,12-13H,3,5,7-10H2,1-2H3. The Morgan fingerprint density at radius 3 is 3.18 bits per heavy atom. The van der Waals surface area contributed by atoms with Gasteiger partial charge < -0.3 is 19.5 Å². The number of rotatable bonds is 5. The second kappa shape index (κ2) is 6.14. The van der Waals surface area contributed by atoms with Gasteiger partial charge in [0.25, 0.3) is 0 Å². The second-order valence-electron chi connectivity index (χ2n) is 4.63. The number of hydrogen-bond donors (Lipinski definition) is 1. The lowest BCUT2D eigenvalue weighted by Gasteiger charge is -2.30. The summed E-state index contributed by atoms with van der Waals surface area (Å²) in [6.07, 6.45) is 4.19. The first-order chi connectivity index (χ1) is 8.25. The molecule has 1 aliphatic rings. The van der Waals surface area contributed by atoms with Crippen molar-refractivity contribution in [3.63, 3.8) is 0 Å². The summed E-state index contributed by atoms with van der Waals surface area (Å²) in [4.78, 5) is 6.51. The number of nitrogens with zero attached hydrogens (tertiary/aromatic N) is 3. The summed E-state index contributed by atoms with van der Waals surface area (Å²) in [6, 6.07) is 0. The Hall–Kier alpha value is -0.910. The van der Waals surface area contributed by atoms with Crippen LogP contribution in [0, 0.1) is 6.92 Å². The molecule has 1 aromatic heterocycles. The maximum absolute atomic E-state index is 5.69. The summed E-state index contributed by atoms with van der Waals surface area (Å²) in [5.74, 6) is 1.07. The van der Waals surface area contributed by atoms with Crippen molar-refractivity contribution in [2.45, 2.75) is 19.6 Å². The van der Waals surface area contributed by atoms with E-state index in [0.29, 0.717) is 6.10 Å². The van der Waals surface area contributed by atoms with Crippen molar-refractivity contribution in [3.8, 4) is 0 Å². The van der Waals surface area contributed by atoms with Gasteiger partial charge in [0.15, 0.2) is 0 Å². The molecule has 1 atom stereocenters. The molecule has 1 aromatic rings. The SMILES string of the molecule is Cc1nccn1CCNCC1CN(C)CCO1. The van der Waals surface area contributed by atoms with Crippen LogP contribution in [0.15, 0.2) is 12.4 Å². The lowest BCUT2D eigenvalue weighted by atomic mass is 10.3. The van der Waals surface area contributed by atoms with E-state index in [1.54, 1.807) is 0 Å². The molecule has 1 fully saturated rings. The summed E-state index contributed by atoms with van der Waals surface area (Å²) in [5.41, 5.74) is 0. The van der Waals surface area contributed by atoms with E-state index in [4.69, 9.17) is 4.74 Å². The second-order valence-corrected chi connectivity index (χ2v) is 4.63. The Kier molecular flexibility index (Phi) is 4.53. The quantitative estimate of drug-likeness (QED) is 0.740. The maximum atomic E-state index is 5.69. The molecule has 1 N–H and O–H groups in total. The van der Waals surface area contributed by atoms with Gasteiger partial charge in [-0.05, 0) is 14.0 Å². The lowest BCUT2D eigenvalue weighted by molar-refractivity contribution is -0.0180. The molecule has 2 heterocycles. The topological polar surface area (TPSA) is 42.3 Å². The third-order valence-electron chi connectivity index (χ3n) is 3.17. The van der Waals surface area contributed by atoms with Gasteiger partial charge in [-0.15, -0.1) is 0 Å². The number of hydrogen-bond acceptors (Lipinski definition) is 4. The van der Waals surface area contributed by atoms with E-state index in [9.17, 15) is 0 Å². The monoisotopic (exact) mass is 238 g/mol. The van der Waals surface area contributed by atoms with Gasteiger partial charge in [0, 0.05) is 45.1 Å². The molecule has 96 valence electrons. The van der Waals surface area contributed by atoms with E-state index in [0.717, 1.165) is 45.2 Å². The zero-order valence-corrected chi connectivity index (χ0v) is 10.7. The van der Waals surface area contributed by atoms with E-state index in [-0.39, 0.29) is 0 Å². The van der Waals surface area contributed by atoms with Crippen molar-refractivity contribution < 1.29 is 4.74 Å². The number of aryl methyl sites for hydroxylation is 1. The summed E-state index contributed by atoms with van der Waals surface area (Å²) in [7, 11) is 2.14. The molecule has 0 amide bonds. The summed E-state index contributed by atoms with van der Waals surface area (Å²) < 4.78 is 7.84. The minimum Gasteiger partial charge on any atom is -0.374 e. The molecule has 1 aliphatic heterocycles. The molecule has 2 rings (SSSR count). The van der Waals surface area contributed by atoms with Gasteiger partial charge in [-0.1, -0.05) is 0 Å². The van der Waals surface area contributed by atoms with Crippen LogP contribution in [0.25, 0.3) is 0 Å². The maximum Gasteiger partial charge on any atom is 0.105 e. The molecule has 0 aromatic carbocycles. The smallest absolute Gasteiger partial charge is 0.105 e. The Morgan fingerprint density at radius 2 is 2.47 bits per heavy atom. The van der Waals surface area contributed by atoms with Crippen LogP contribution in [-0.2, 0) is 11.3 Å². The summed E-state index contributed by atoms with van der Waals surface area (Å²) >= 11 is 0. The van der Waals surface area contributed by atoms with Crippen LogP contribution in [0.2, 0.25) is 0 Å². The molecular weight excluding hydrogens is 216 g/mol. The molecule has 0 radical (unpaired) electrons. The molecule has 0 aliphatic carbocycles. The van der Waals surface area contributed by atoms with Crippen molar-refractivity contribution in [3.05, 3.63) is 18.2 Å². The Balaban J connectivity index is 1.61. The van der Waals surface area contributed by atoms with E-state index in [2.05, 4.69) is 26.8 Å². The highest BCUT2D eigenvalue weighted by atomic mass is 16.5. The van der Waals surface area contributed by atoms with Crippen LogP contribution >= 0.6 is 0 Å². The van der Waals surface area contributed by atoms with Gasteiger partial charge in [0.1, 0.15) is 5.82 Å². The molecule has 5 nitrogen and oxygen atoms in total. The van der Waals surface area contributed by atoms with Gasteiger partial charge in [-0.2, -0.15) is 0 Å². The molecule has 1 saturated heterocycles. The zero-order valence-electron chi connectivity index (χ0n) is 10.7. The van der Waals surface area contributed by atoms with E-state index in [1.807, 2.05) is 19.3 Å².